The average Bonchev–Trinajstić information content (AvgIpc) is 3.06. The molecule has 1 aliphatic heterocycles. The Morgan fingerprint density at radius 2 is 1.93 bits per heavy atom. The fourth-order valence-electron chi connectivity index (χ4n) is 3.06. The molecule has 8 heteroatoms. The van der Waals surface area contributed by atoms with Gasteiger partial charge >= 0.3 is 5.97 Å². The quantitative estimate of drug-likeness (QED) is 0.651. The summed E-state index contributed by atoms with van der Waals surface area (Å²) in [6.07, 6.45) is 0.0652. The van der Waals surface area contributed by atoms with Gasteiger partial charge in [0.1, 0.15) is 0 Å². The number of hydrogen-bond donors (Lipinski definition) is 1. The zero-order valence-corrected chi connectivity index (χ0v) is 18.3. The van der Waals surface area contributed by atoms with E-state index in [9.17, 15) is 14.4 Å². The van der Waals surface area contributed by atoms with Crippen LogP contribution in [0.3, 0.4) is 0 Å². The highest BCUT2D eigenvalue weighted by molar-refractivity contribution is 9.10. The second-order valence-corrected chi connectivity index (χ2v) is 8.24. The van der Waals surface area contributed by atoms with Crippen LogP contribution in [0.25, 0.3) is 0 Å². The standard InChI is InChI=1S/C21H20BrClN2O4/c1-12-3-5-15(6-4-12)25-10-14(8-20(25)27)21(28)29-11-19(26)24-18-9-17(23)16(22)7-13(18)2/h3-7,9,14H,8,10-11H2,1-2H3,(H,24,26)/t14-/m0/s1. The highest BCUT2D eigenvalue weighted by Crippen LogP contribution is 2.29. The number of anilines is 2. The summed E-state index contributed by atoms with van der Waals surface area (Å²) in [5.41, 5.74) is 3.19. The van der Waals surface area contributed by atoms with Crippen LogP contribution in [0, 0.1) is 19.8 Å². The molecule has 0 spiro atoms. The molecule has 2 amide bonds. The van der Waals surface area contributed by atoms with Crippen LogP contribution in [0.1, 0.15) is 17.5 Å². The molecular weight excluding hydrogens is 460 g/mol. The third-order valence-electron chi connectivity index (χ3n) is 4.69. The summed E-state index contributed by atoms with van der Waals surface area (Å²) in [5.74, 6) is -1.77. The number of amides is 2. The van der Waals surface area contributed by atoms with Crippen molar-refractivity contribution < 1.29 is 19.1 Å². The molecule has 1 heterocycles. The number of nitrogens with one attached hydrogen (secondary N) is 1. The lowest BCUT2D eigenvalue weighted by Crippen LogP contribution is -2.28. The SMILES string of the molecule is Cc1ccc(N2C[C@@H](C(=O)OCC(=O)Nc3cc(Cl)c(Br)cc3C)CC2=O)cc1. The monoisotopic (exact) mass is 478 g/mol. The minimum atomic E-state index is -0.597. The first kappa shape index (κ1) is 21.3. The van der Waals surface area contributed by atoms with Gasteiger partial charge in [-0.2, -0.15) is 0 Å². The van der Waals surface area contributed by atoms with E-state index >= 15 is 0 Å². The number of carbonyl (C=O) groups is 3. The van der Waals surface area contributed by atoms with Gasteiger partial charge in [0, 0.05) is 28.8 Å². The Kier molecular flexibility index (Phi) is 6.59. The number of halogens is 2. The number of rotatable bonds is 5. The number of ether oxygens (including phenoxy) is 1. The molecule has 0 aromatic heterocycles. The van der Waals surface area contributed by atoms with Crippen LogP contribution in [-0.4, -0.2) is 30.9 Å². The molecule has 1 fully saturated rings. The number of hydrogen-bond acceptors (Lipinski definition) is 4. The lowest BCUT2D eigenvalue weighted by Gasteiger charge is -2.16. The largest absolute Gasteiger partial charge is 0.455 e. The summed E-state index contributed by atoms with van der Waals surface area (Å²) in [5, 5.41) is 3.14. The van der Waals surface area contributed by atoms with Crippen molar-refractivity contribution in [3.05, 3.63) is 57.0 Å². The van der Waals surface area contributed by atoms with Gasteiger partial charge in [-0.1, -0.05) is 29.3 Å². The van der Waals surface area contributed by atoms with Crippen molar-refractivity contribution in [2.45, 2.75) is 20.3 Å². The third kappa shape index (κ3) is 5.16. The summed E-state index contributed by atoms with van der Waals surface area (Å²) in [7, 11) is 0. The Morgan fingerprint density at radius 1 is 1.24 bits per heavy atom. The zero-order chi connectivity index (χ0) is 21.1. The van der Waals surface area contributed by atoms with E-state index in [1.165, 1.54) is 0 Å². The van der Waals surface area contributed by atoms with Crippen molar-refractivity contribution in [3.8, 4) is 0 Å². The first-order valence-electron chi connectivity index (χ1n) is 9.03. The molecule has 6 nitrogen and oxygen atoms in total. The summed E-state index contributed by atoms with van der Waals surface area (Å²) in [4.78, 5) is 38.3. The number of carbonyl (C=O) groups excluding carboxylic acids is 3. The van der Waals surface area contributed by atoms with Crippen LogP contribution < -0.4 is 10.2 Å². The van der Waals surface area contributed by atoms with E-state index in [1.54, 1.807) is 17.0 Å². The van der Waals surface area contributed by atoms with E-state index in [2.05, 4.69) is 21.2 Å². The van der Waals surface area contributed by atoms with Gasteiger partial charge in [-0.25, -0.2) is 0 Å². The molecule has 152 valence electrons. The van der Waals surface area contributed by atoms with Crippen LogP contribution in [0.15, 0.2) is 40.9 Å². The minimum Gasteiger partial charge on any atom is -0.455 e. The Hall–Kier alpha value is -2.38. The first-order valence-corrected chi connectivity index (χ1v) is 10.2. The van der Waals surface area contributed by atoms with Crippen molar-refractivity contribution in [2.75, 3.05) is 23.4 Å². The second-order valence-electron chi connectivity index (χ2n) is 6.98. The number of aryl methyl sites for hydroxylation is 2. The molecule has 0 aliphatic carbocycles. The van der Waals surface area contributed by atoms with Gasteiger partial charge < -0.3 is 15.0 Å². The van der Waals surface area contributed by atoms with E-state index in [0.717, 1.165) is 21.3 Å². The van der Waals surface area contributed by atoms with E-state index < -0.39 is 24.4 Å². The number of benzene rings is 2. The van der Waals surface area contributed by atoms with Crippen molar-refractivity contribution >= 4 is 56.7 Å². The van der Waals surface area contributed by atoms with Gasteiger partial charge in [0.15, 0.2) is 6.61 Å². The molecule has 0 unspecified atom stereocenters. The molecule has 1 aliphatic rings. The van der Waals surface area contributed by atoms with Gasteiger partial charge in [-0.05, 0) is 59.6 Å². The Morgan fingerprint density at radius 3 is 2.62 bits per heavy atom. The molecule has 2 aromatic carbocycles. The van der Waals surface area contributed by atoms with Gasteiger partial charge in [-0.3, -0.25) is 14.4 Å². The van der Waals surface area contributed by atoms with Crippen molar-refractivity contribution in [3.63, 3.8) is 0 Å². The van der Waals surface area contributed by atoms with Gasteiger partial charge in [0.05, 0.1) is 10.9 Å². The normalized spacial score (nSPS) is 16.1. The highest BCUT2D eigenvalue weighted by Gasteiger charge is 2.36. The fraction of sp³-hybridized carbons (Fsp3) is 0.286. The van der Waals surface area contributed by atoms with E-state index in [-0.39, 0.29) is 18.9 Å². The van der Waals surface area contributed by atoms with Crippen LogP contribution in [-0.2, 0) is 19.1 Å². The van der Waals surface area contributed by atoms with Gasteiger partial charge in [-0.15, -0.1) is 0 Å². The molecule has 29 heavy (non-hydrogen) atoms. The summed E-state index contributed by atoms with van der Waals surface area (Å²) in [6, 6.07) is 10.9. The zero-order valence-electron chi connectivity index (χ0n) is 16.0. The average molecular weight is 480 g/mol. The predicted molar refractivity (Wildman–Crippen MR) is 115 cm³/mol. The maximum atomic E-state index is 12.3. The number of nitrogens with zero attached hydrogens (tertiary/aromatic N) is 1. The van der Waals surface area contributed by atoms with Crippen LogP contribution in [0.4, 0.5) is 11.4 Å². The molecule has 0 bridgehead atoms. The third-order valence-corrected chi connectivity index (χ3v) is 5.89. The van der Waals surface area contributed by atoms with Gasteiger partial charge in [0.2, 0.25) is 5.91 Å². The Bertz CT molecular complexity index is 962. The van der Waals surface area contributed by atoms with Crippen LogP contribution >= 0.6 is 27.5 Å². The molecule has 0 saturated carbocycles. The first-order chi connectivity index (χ1) is 13.7. The Balaban J connectivity index is 1.54. The molecule has 1 N–H and O–H groups in total. The van der Waals surface area contributed by atoms with Crippen molar-refractivity contribution in [2.24, 2.45) is 5.92 Å². The molecule has 1 atom stereocenters. The molecule has 3 rings (SSSR count). The smallest absolute Gasteiger partial charge is 0.311 e. The minimum absolute atomic E-state index is 0.0652. The van der Waals surface area contributed by atoms with E-state index in [4.69, 9.17) is 16.3 Å². The summed E-state index contributed by atoms with van der Waals surface area (Å²) in [6.45, 7) is 3.60. The van der Waals surface area contributed by atoms with Crippen molar-refractivity contribution in [1.29, 1.82) is 0 Å². The van der Waals surface area contributed by atoms with Crippen molar-refractivity contribution in [1.82, 2.24) is 0 Å². The fourth-order valence-corrected chi connectivity index (χ4v) is 3.68. The van der Waals surface area contributed by atoms with E-state index in [1.807, 2.05) is 38.1 Å². The molecule has 0 radical (unpaired) electrons. The maximum Gasteiger partial charge on any atom is 0.311 e. The lowest BCUT2D eigenvalue weighted by atomic mass is 10.1. The van der Waals surface area contributed by atoms with Gasteiger partial charge in [0.25, 0.3) is 5.91 Å². The summed E-state index contributed by atoms with van der Waals surface area (Å²) >= 11 is 9.37. The second kappa shape index (κ2) is 8.97. The molecule has 1 saturated heterocycles. The van der Waals surface area contributed by atoms with Crippen LogP contribution in [0.5, 0.6) is 0 Å². The lowest BCUT2D eigenvalue weighted by molar-refractivity contribution is -0.151. The highest BCUT2D eigenvalue weighted by atomic mass is 79.9. The number of esters is 1. The maximum absolute atomic E-state index is 12.3. The molecule has 2 aromatic rings. The molecular formula is C21H20BrClN2O4. The van der Waals surface area contributed by atoms with Crippen LogP contribution in [0.2, 0.25) is 5.02 Å². The Labute approximate surface area is 182 Å². The predicted octanol–water partition coefficient (Wildman–Crippen LogP) is 4.25. The summed E-state index contributed by atoms with van der Waals surface area (Å²) < 4.78 is 5.86. The van der Waals surface area contributed by atoms with E-state index in [0.29, 0.717) is 10.7 Å². The topological polar surface area (TPSA) is 75.7 Å².